The molecule has 0 aliphatic carbocycles. The average molecular weight is 464 g/mol. The Morgan fingerprint density at radius 3 is 2.57 bits per heavy atom. The van der Waals surface area contributed by atoms with E-state index < -0.39 is 0 Å². The van der Waals surface area contributed by atoms with Crippen molar-refractivity contribution in [3.05, 3.63) is 88.2 Å². The van der Waals surface area contributed by atoms with Gasteiger partial charge in [0.1, 0.15) is 24.2 Å². The SMILES string of the molecule is CC(Nc1oc(-c2ccc(COc3ccc(Br)cc3)o2)nc1C#N)c1ccccc1. The number of aromatic nitrogens is 1. The molecule has 1 unspecified atom stereocenters. The number of hydrogen-bond acceptors (Lipinski definition) is 6. The average Bonchev–Trinajstić information content (AvgIpc) is 3.41. The molecule has 1 N–H and O–H groups in total. The maximum Gasteiger partial charge on any atom is 0.266 e. The summed E-state index contributed by atoms with van der Waals surface area (Å²) in [5.74, 6) is 2.34. The van der Waals surface area contributed by atoms with Crippen molar-refractivity contribution in [3.8, 4) is 23.5 Å². The van der Waals surface area contributed by atoms with E-state index in [-0.39, 0.29) is 24.2 Å². The lowest BCUT2D eigenvalue weighted by Gasteiger charge is -2.12. The van der Waals surface area contributed by atoms with E-state index in [1.54, 1.807) is 12.1 Å². The second kappa shape index (κ2) is 8.89. The van der Waals surface area contributed by atoms with Crippen molar-refractivity contribution < 1.29 is 13.6 Å². The van der Waals surface area contributed by atoms with Gasteiger partial charge in [-0.15, -0.1) is 0 Å². The summed E-state index contributed by atoms with van der Waals surface area (Å²) in [7, 11) is 0. The fourth-order valence-corrected chi connectivity index (χ4v) is 3.14. The summed E-state index contributed by atoms with van der Waals surface area (Å²) in [5, 5.41) is 12.6. The first-order valence-corrected chi connectivity index (χ1v) is 10.1. The van der Waals surface area contributed by atoms with Crippen LogP contribution in [0.1, 0.15) is 30.0 Å². The number of ether oxygens (including phenoxy) is 1. The summed E-state index contributed by atoms with van der Waals surface area (Å²) in [5.41, 5.74) is 1.25. The number of hydrogen-bond donors (Lipinski definition) is 1. The topological polar surface area (TPSA) is 84.2 Å². The number of rotatable bonds is 7. The van der Waals surface area contributed by atoms with E-state index in [0.29, 0.717) is 17.4 Å². The van der Waals surface area contributed by atoms with Gasteiger partial charge >= 0.3 is 0 Å². The van der Waals surface area contributed by atoms with Crippen LogP contribution in [0, 0.1) is 11.3 Å². The molecule has 6 nitrogen and oxygen atoms in total. The predicted octanol–water partition coefficient (Wildman–Crippen LogP) is 6.32. The number of benzene rings is 2. The Hall–Kier alpha value is -3.50. The predicted molar refractivity (Wildman–Crippen MR) is 116 cm³/mol. The van der Waals surface area contributed by atoms with Crippen molar-refractivity contribution in [2.45, 2.75) is 19.6 Å². The minimum Gasteiger partial charge on any atom is -0.486 e. The Morgan fingerprint density at radius 1 is 1.07 bits per heavy atom. The van der Waals surface area contributed by atoms with Gasteiger partial charge in [-0.3, -0.25) is 0 Å². The van der Waals surface area contributed by atoms with Crippen LogP contribution in [-0.2, 0) is 6.61 Å². The molecule has 0 saturated carbocycles. The number of nitrogens with one attached hydrogen (secondary N) is 1. The number of oxazole rings is 1. The van der Waals surface area contributed by atoms with E-state index in [0.717, 1.165) is 15.8 Å². The molecule has 2 aromatic heterocycles. The van der Waals surface area contributed by atoms with Crippen LogP contribution in [0.15, 0.2) is 80.0 Å². The highest BCUT2D eigenvalue weighted by molar-refractivity contribution is 9.10. The molecule has 7 heteroatoms. The minimum absolute atomic E-state index is 0.0504. The van der Waals surface area contributed by atoms with E-state index in [9.17, 15) is 5.26 Å². The fourth-order valence-electron chi connectivity index (χ4n) is 2.88. The third-order valence-electron chi connectivity index (χ3n) is 4.45. The Bertz CT molecular complexity index is 1160. The highest BCUT2D eigenvalue weighted by Crippen LogP contribution is 2.29. The highest BCUT2D eigenvalue weighted by atomic mass is 79.9. The Kier molecular flexibility index (Phi) is 5.87. The van der Waals surface area contributed by atoms with Crippen LogP contribution in [0.3, 0.4) is 0 Å². The molecule has 4 aromatic rings. The molecule has 0 bridgehead atoms. The monoisotopic (exact) mass is 463 g/mol. The first-order valence-electron chi connectivity index (χ1n) is 9.32. The van der Waals surface area contributed by atoms with Crippen molar-refractivity contribution in [3.63, 3.8) is 0 Å². The van der Waals surface area contributed by atoms with Gasteiger partial charge in [0.05, 0.1) is 6.04 Å². The summed E-state index contributed by atoms with van der Waals surface area (Å²) >= 11 is 3.39. The van der Waals surface area contributed by atoms with Crippen molar-refractivity contribution in [1.29, 1.82) is 5.26 Å². The molecule has 2 heterocycles. The molecule has 0 amide bonds. The van der Waals surface area contributed by atoms with Gasteiger partial charge in [-0.05, 0) is 48.9 Å². The van der Waals surface area contributed by atoms with Crippen LogP contribution in [0.2, 0.25) is 0 Å². The molecule has 0 saturated heterocycles. The van der Waals surface area contributed by atoms with Crippen LogP contribution >= 0.6 is 15.9 Å². The second-order valence-electron chi connectivity index (χ2n) is 6.59. The van der Waals surface area contributed by atoms with Gasteiger partial charge in [0.15, 0.2) is 5.76 Å². The summed E-state index contributed by atoms with van der Waals surface area (Å²) in [4.78, 5) is 4.26. The Morgan fingerprint density at radius 2 is 1.83 bits per heavy atom. The van der Waals surface area contributed by atoms with Gasteiger partial charge in [0.25, 0.3) is 5.89 Å². The van der Waals surface area contributed by atoms with Crippen molar-refractivity contribution >= 4 is 21.8 Å². The molecule has 0 radical (unpaired) electrons. The molecule has 150 valence electrons. The molecular formula is C23H18BrN3O3. The van der Waals surface area contributed by atoms with E-state index in [4.69, 9.17) is 13.6 Å². The molecule has 0 fully saturated rings. The number of nitriles is 1. The smallest absolute Gasteiger partial charge is 0.266 e. The fraction of sp³-hybridized carbons (Fsp3) is 0.130. The molecular weight excluding hydrogens is 446 g/mol. The molecule has 0 aliphatic heterocycles. The summed E-state index contributed by atoms with van der Waals surface area (Å²) in [6.45, 7) is 2.26. The van der Waals surface area contributed by atoms with Crippen LogP contribution in [-0.4, -0.2) is 4.98 Å². The van der Waals surface area contributed by atoms with Crippen molar-refractivity contribution in [1.82, 2.24) is 4.98 Å². The number of anilines is 1. The molecule has 4 rings (SSSR count). The van der Waals surface area contributed by atoms with Gasteiger partial charge < -0.3 is 18.9 Å². The van der Waals surface area contributed by atoms with Crippen LogP contribution < -0.4 is 10.1 Å². The van der Waals surface area contributed by atoms with Crippen LogP contribution in [0.5, 0.6) is 5.75 Å². The summed E-state index contributed by atoms with van der Waals surface area (Å²) in [6.07, 6.45) is 0. The quantitative estimate of drug-likeness (QED) is 0.345. The third-order valence-corrected chi connectivity index (χ3v) is 4.98. The maximum atomic E-state index is 9.43. The number of furan rings is 1. The molecule has 30 heavy (non-hydrogen) atoms. The molecule has 1 atom stereocenters. The number of nitrogens with zero attached hydrogens (tertiary/aromatic N) is 2. The Labute approximate surface area is 182 Å². The lowest BCUT2D eigenvalue weighted by Crippen LogP contribution is -2.06. The normalized spacial score (nSPS) is 11.6. The van der Waals surface area contributed by atoms with Crippen LogP contribution in [0.4, 0.5) is 5.88 Å². The molecule has 0 aliphatic rings. The lowest BCUT2D eigenvalue weighted by atomic mass is 10.1. The standard InChI is InChI=1S/C23H18BrN3O3/c1-15(16-5-3-2-4-6-16)26-22-20(13-25)27-23(30-22)21-12-11-19(29-21)14-28-18-9-7-17(24)8-10-18/h2-12,15,26H,14H2,1H3. The zero-order valence-electron chi connectivity index (χ0n) is 16.1. The summed E-state index contributed by atoms with van der Waals surface area (Å²) < 4.78 is 18.3. The third kappa shape index (κ3) is 4.56. The van der Waals surface area contributed by atoms with E-state index in [1.807, 2.05) is 61.5 Å². The van der Waals surface area contributed by atoms with Crippen LogP contribution in [0.25, 0.3) is 11.7 Å². The van der Waals surface area contributed by atoms with E-state index in [1.165, 1.54) is 0 Å². The van der Waals surface area contributed by atoms with Gasteiger partial charge in [-0.25, -0.2) is 0 Å². The van der Waals surface area contributed by atoms with Gasteiger partial charge in [0, 0.05) is 4.47 Å². The number of halogens is 1. The largest absolute Gasteiger partial charge is 0.486 e. The minimum atomic E-state index is -0.0504. The van der Waals surface area contributed by atoms with E-state index in [2.05, 4.69) is 32.3 Å². The van der Waals surface area contributed by atoms with Gasteiger partial charge in [-0.1, -0.05) is 46.3 Å². The van der Waals surface area contributed by atoms with Gasteiger partial charge in [-0.2, -0.15) is 10.2 Å². The molecule has 2 aromatic carbocycles. The van der Waals surface area contributed by atoms with Gasteiger partial charge in [0.2, 0.25) is 11.6 Å². The Balaban J connectivity index is 1.47. The van der Waals surface area contributed by atoms with Crippen molar-refractivity contribution in [2.75, 3.05) is 5.32 Å². The summed E-state index contributed by atoms with van der Waals surface area (Å²) in [6, 6.07) is 23.0. The van der Waals surface area contributed by atoms with E-state index >= 15 is 0 Å². The zero-order chi connectivity index (χ0) is 20.9. The first-order chi connectivity index (χ1) is 14.6. The first kappa shape index (κ1) is 19.8. The molecule has 0 spiro atoms. The zero-order valence-corrected chi connectivity index (χ0v) is 17.7. The second-order valence-corrected chi connectivity index (χ2v) is 7.51. The van der Waals surface area contributed by atoms with Crippen molar-refractivity contribution in [2.24, 2.45) is 0 Å². The lowest BCUT2D eigenvalue weighted by molar-refractivity contribution is 0.271. The highest BCUT2D eigenvalue weighted by Gasteiger charge is 2.19. The maximum absolute atomic E-state index is 9.43.